The van der Waals surface area contributed by atoms with Gasteiger partial charge in [0.25, 0.3) is 0 Å². The number of ether oxygens (including phenoxy) is 1. The van der Waals surface area contributed by atoms with Crippen molar-refractivity contribution in [1.29, 1.82) is 5.26 Å². The highest BCUT2D eigenvalue weighted by molar-refractivity contribution is 5.56. The molecule has 0 atom stereocenters. The summed E-state index contributed by atoms with van der Waals surface area (Å²) in [5.74, 6) is 0.822. The molecule has 21 heavy (non-hydrogen) atoms. The van der Waals surface area contributed by atoms with Crippen molar-refractivity contribution in [1.82, 2.24) is 4.98 Å². The number of nitrogens with zero attached hydrogens (tertiary/aromatic N) is 3. The first-order chi connectivity index (χ1) is 10.0. The molecule has 4 heteroatoms. The molecule has 1 aliphatic rings. The third-order valence-corrected chi connectivity index (χ3v) is 3.79. The van der Waals surface area contributed by atoms with Crippen molar-refractivity contribution >= 4 is 5.82 Å². The van der Waals surface area contributed by atoms with E-state index in [1.54, 1.807) is 0 Å². The van der Waals surface area contributed by atoms with Crippen LogP contribution >= 0.6 is 0 Å². The quantitative estimate of drug-likeness (QED) is 0.832. The molecule has 0 unspecified atom stereocenters. The lowest BCUT2D eigenvalue weighted by atomic mass is 9.93. The molecule has 0 N–H and O–H groups in total. The third kappa shape index (κ3) is 3.54. The van der Waals surface area contributed by atoms with E-state index in [9.17, 15) is 5.26 Å². The van der Waals surface area contributed by atoms with Crippen molar-refractivity contribution in [3.8, 4) is 6.07 Å². The largest absolute Gasteiger partial charge is 0.369 e. The molecular formula is C17H25N3O. The molecule has 0 saturated carbocycles. The van der Waals surface area contributed by atoms with Gasteiger partial charge >= 0.3 is 0 Å². The van der Waals surface area contributed by atoms with E-state index in [-0.39, 0.29) is 5.60 Å². The maximum absolute atomic E-state index is 9.49. The first-order valence-corrected chi connectivity index (χ1v) is 7.82. The first kappa shape index (κ1) is 15.8. The Morgan fingerprint density at radius 3 is 2.57 bits per heavy atom. The van der Waals surface area contributed by atoms with Crippen LogP contribution in [-0.4, -0.2) is 23.7 Å². The zero-order valence-electron chi connectivity index (χ0n) is 13.6. The molecule has 114 valence electrons. The number of hydrogen-bond acceptors (Lipinski definition) is 4. The van der Waals surface area contributed by atoms with Crippen LogP contribution in [-0.2, 0) is 17.8 Å². The topological polar surface area (TPSA) is 49.2 Å². The number of aromatic nitrogens is 1. The van der Waals surface area contributed by atoms with Gasteiger partial charge in [-0.05, 0) is 38.3 Å². The van der Waals surface area contributed by atoms with Crippen LogP contribution in [0.1, 0.15) is 57.4 Å². The minimum absolute atomic E-state index is 0.171. The highest BCUT2D eigenvalue weighted by Crippen LogP contribution is 2.30. The predicted octanol–water partition coefficient (Wildman–Crippen LogP) is 3.43. The van der Waals surface area contributed by atoms with E-state index in [2.05, 4.69) is 38.7 Å². The fraction of sp³-hybridized carbons (Fsp3) is 0.647. The molecule has 0 radical (unpaired) electrons. The van der Waals surface area contributed by atoms with E-state index in [1.165, 1.54) is 0 Å². The Kier molecular flexibility index (Phi) is 4.84. The van der Waals surface area contributed by atoms with Gasteiger partial charge in [0, 0.05) is 19.5 Å². The number of fused-ring (bicyclic) bond motifs is 1. The van der Waals surface area contributed by atoms with Crippen LogP contribution in [0.3, 0.4) is 0 Å². The summed E-state index contributed by atoms with van der Waals surface area (Å²) < 4.78 is 5.86. The highest BCUT2D eigenvalue weighted by Gasteiger charge is 2.28. The van der Waals surface area contributed by atoms with Gasteiger partial charge in [0.1, 0.15) is 11.9 Å². The predicted molar refractivity (Wildman–Crippen MR) is 84.3 cm³/mol. The van der Waals surface area contributed by atoms with Gasteiger partial charge in [-0.2, -0.15) is 5.26 Å². The molecule has 1 aliphatic heterocycles. The SMILES string of the molecule is CCCN(CCC)c1nc2c(cc1C#N)CC(C)(C)OC2. The van der Waals surface area contributed by atoms with Gasteiger partial charge in [-0.1, -0.05) is 13.8 Å². The fourth-order valence-corrected chi connectivity index (χ4v) is 2.82. The summed E-state index contributed by atoms with van der Waals surface area (Å²) in [5.41, 5.74) is 2.66. The summed E-state index contributed by atoms with van der Waals surface area (Å²) in [4.78, 5) is 6.99. The molecule has 0 saturated heterocycles. The molecule has 2 heterocycles. The van der Waals surface area contributed by atoms with Crippen LogP contribution in [0.15, 0.2) is 6.07 Å². The Morgan fingerprint density at radius 1 is 1.33 bits per heavy atom. The summed E-state index contributed by atoms with van der Waals surface area (Å²) in [6.07, 6.45) is 2.91. The Bertz CT molecular complexity index is 540. The third-order valence-electron chi connectivity index (χ3n) is 3.79. The maximum Gasteiger partial charge on any atom is 0.146 e. The molecule has 0 fully saturated rings. The Balaban J connectivity index is 2.41. The standard InChI is InChI=1S/C17H25N3O/c1-5-7-20(8-6-2)16-14(11-18)9-13-10-17(3,4)21-12-15(13)19-16/h9H,5-8,10,12H2,1-4H3. The van der Waals surface area contributed by atoms with Crippen molar-refractivity contribution in [2.45, 2.75) is 59.2 Å². The van der Waals surface area contributed by atoms with E-state index in [0.29, 0.717) is 12.2 Å². The van der Waals surface area contributed by atoms with E-state index in [0.717, 1.165) is 49.4 Å². The van der Waals surface area contributed by atoms with Crippen molar-refractivity contribution in [3.05, 3.63) is 22.9 Å². The smallest absolute Gasteiger partial charge is 0.146 e. The number of hydrogen-bond donors (Lipinski definition) is 0. The zero-order valence-corrected chi connectivity index (χ0v) is 13.6. The Hall–Kier alpha value is -1.60. The molecule has 1 aromatic heterocycles. The van der Waals surface area contributed by atoms with Gasteiger partial charge in [0.05, 0.1) is 23.5 Å². The molecule has 0 aromatic carbocycles. The van der Waals surface area contributed by atoms with Gasteiger partial charge in [-0.3, -0.25) is 0 Å². The average molecular weight is 287 g/mol. The van der Waals surface area contributed by atoms with Gasteiger partial charge < -0.3 is 9.64 Å². The zero-order chi connectivity index (χ0) is 15.5. The number of nitriles is 1. The van der Waals surface area contributed by atoms with E-state index in [1.807, 2.05) is 6.07 Å². The van der Waals surface area contributed by atoms with Crippen LogP contribution in [0.2, 0.25) is 0 Å². The molecule has 2 rings (SSSR count). The number of rotatable bonds is 5. The van der Waals surface area contributed by atoms with Gasteiger partial charge in [-0.25, -0.2) is 4.98 Å². The molecule has 1 aromatic rings. The van der Waals surface area contributed by atoms with Crippen LogP contribution in [0.4, 0.5) is 5.82 Å². The summed E-state index contributed by atoms with van der Waals surface area (Å²) >= 11 is 0. The minimum atomic E-state index is -0.171. The molecular weight excluding hydrogens is 262 g/mol. The Labute approximate surface area is 127 Å². The lowest BCUT2D eigenvalue weighted by Crippen LogP contribution is -2.33. The molecule has 0 amide bonds. The van der Waals surface area contributed by atoms with Crippen molar-refractivity contribution in [2.24, 2.45) is 0 Å². The lowest BCUT2D eigenvalue weighted by molar-refractivity contribution is -0.0419. The summed E-state index contributed by atoms with van der Waals surface area (Å²) in [5, 5.41) is 9.49. The van der Waals surface area contributed by atoms with E-state index in [4.69, 9.17) is 9.72 Å². The number of pyridine rings is 1. The number of anilines is 1. The van der Waals surface area contributed by atoms with Crippen molar-refractivity contribution in [3.63, 3.8) is 0 Å². The second-order valence-electron chi connectivity index (χ2n) is 6.29. The van der Waals surface area contributed by atoms with Crippen LogP contribution in [0, 0.1) is 11.3 Å². The van der Waals surface area contributed by atoms with Crippen LogP contribution in [0.25, 0.3) is 0 Å². The second-order valence-corrected chi connectivity index (χ2v) is 6.29. The normalized spacial score (nSPS) is 16.1. The lowest BCUT2D eigenvalue weighted by Gasteiger charge is -2.32. The minimum Gasteiger partial charge on any atom is -0.369 e. The monoisotopic (exact) mass is 287 g/mol. The molecule has 0 bridgehead atoms. The summed E-state index contributed by atoms with van der Waals surface area (Å²) in [6.45, 7) is 10.9. The maximum atomic E-state index is 9.49. The highest BCUT2D eigenvalue weighted by atomic mass is 16.5. The summed E-state index contributed by atoms with van der Waals surface area (Å²) in [6, 6.07) is 4.34. The van der Waals surface area contributed by atoms with Crippen LogP contribution in [0.5, 0.6) is 0 Å². The van der Waals surface area contributed by atoms with Gasteiger partial charge in [0.15, 0.2) is 0 Å². The van der Waals surface area contributed by atoms with Crippen molar-refractivity contribution < 1.29 is 4.74 Å². The van der Waals surface area contributed by atoms with Crippen molar-refractivity contribution in [2.75, 3.05) is 18.0 Å². The van der Waals surface area contributed by atoms with Gasteiger partial charge in [0.2, 0.25) is 0 Å². The average Bonchev–Trinajstić information content (AvgIpc) is 2.44. The molecule has 0 spiro atoms. The first-order valence-electron chi connectivity index (χ1n) is 7.82. The fourth-order valence-electron chi connectivity index (χ4n) is 2.82. The summed E-state index contributed by atoms with van der Waals surface area (Å²) in [7, 11) is 0. The van der Waals surface area contributed by atoms with E-state index >= 15 is 0 Å². The molecule has 0 aliphatic carbocycles. The van der Waals surface area contributed by atoms with E-state index < -0.39 is 0 Å². The molecule has 4 nitrogen and oxygen atoms in total. The second kappa shape index (κ2) is 6.44. The Morgan fingerprint density at radius 2 is 2.00 bits per heavy atom. The van der Waals surface area contributed by atoms with Gasteiger partial charge in [-0.15, -0.1) is 0 Å². The van der Waals surface area contributed by atoms with Crippen LogP contribution < -0.4 is 4.90 Å².